The van der Waals surface area contributed by atoms with Gasteiger partial charge in [0.25, 0.3) is 5.56 Å². The summed E-state index contributed by atoms with van der Waals surface area (Å²) >= 11 is 0. The fourth-order valence-corrected chi connectivity index (χ4v) is 7.30. The quantitative estimate of drug-likeness (QED) is 0.130. The van der Waals surface area contributed by atoms with E-state index in [1.54, 1.807) is 13.8 Å². The predicted molar refractivity (Wildman–Crippen MR) is 189 cm³/mol. The van der Waals surface area contributed by atoms with Gasteiger partial charge in [0.1, 0.15) is 23.5 Å². The third-order valence-corrected chi connectivity index (χ3v) is 10.3. The van der Waals surface area contributed by atoms with Gasteiger partial charge in [0.2, 0.25) is 5.91 Å². The second-order valence-electron chi connectivity index (χ2n) is 15.0. The van der Waals surface area contributed by atoms with Crippen LogP contribution in [0.15, 0.2) is 29.2 Å². The highest BCUT2D eigenvalue weighted by Gasteiger charge is 2.42. The van der Waals surface area contributed by atoms with E-state index in [9.17, 15) is 40.7 Å². The first-order chi connectivity index (χ1) is 26.1. The molecular weight excluding hydrogens is 757 g/mol. The second-order valence-corrected chi connectivity index (χ2v) is 15.0. The van der Waals surface area contributed by atoms with Gasteiger partial charge in [-0.2, -0.15) is 26.3 Å². The first kappa shape index (κ1) is 42.8. The lowest BCUT2D eigenvalue weighted by Gasteiger charge is -2.31. The van der Waals surface area contributed by atoms with Gasteiger partial charge in [0.05, 0.1) is 30.2 Å². The number of carbonyl (C=O) groups excluding carboxylic acids is 2. The molecule has 2 aliphatic rings. The number of likely N-dealkylation sites (tertiary alicyclic amines) is 1. The second kappa shape index (κ2) is 16.6. The normalized spacial score (nSPS) is 16.1. The van der Waals surface area contributed by atoms with Crippen molar-refractivity contribution in [3.05, 3.63) is 91.1 Å². The molecule has 56 heavy (non-hydrogen) atoms. The van der Waals surface area contributed by atoms with Crippen molar-refractivity contribution in [2.75, 3.05) is 26.2 Å². The highest BCUT2D eigenvalue weighted by Crippen LogP contribution is 2.46. The molecule has 1 N–H and O–H groups in total. The number of nitrogens with zero attached hydrogens (tertiary/aromatic N) is 2. The Morgan fingerprint density at radius 1 is 0.929 bits per heavy atom. The third-order valence-electron chi connectivity index (χ3n) is 10.3. The maximum Gasteiger partial charge on any atom is 0.419 e. The first-order valence-electron chi connectivity index (χ1n) is 18.5. The van der Waals surface area contributed by atoms with Crippen molar-refractivity contribution >= 4 is 11.9 Å². The van der Waals surface area contributed by atoms with Crippen LogP contribution in [0.2, 0.25) is 0 Å². The Balaban J connectivity index is 1.67. The van der Waals surface area contributed by atoms with Crippen LogP contribution in [0.25, 0.3) is 11.1 Å². The lowest BCUT2D eigenvalue weighted by atomic mass is 9.87. The van der Waals surface area contributed by atoms with Gasteiger partial charge in [-0.1, -0.05) is 19.9 Å². The van der Waals surface area contributed by atoms with E-state index in [1.165, 1.54) is 26.8 Å². The number of hydrogen-bond acceptors (Lipinski definition) is 5. The number of nitrogens with one attached hydrogen (secondary N) is 1. The number of aryl methyl sites for hydroxylation is 1. The van der Waals surface area contributed by atoms with Crippen LogP contribution in [0.1, 0.15) is 110 Å². The van der Waals surface area contributed by atoms with Crippen molar-refractivity contribution in [1.82, 2.24) is 14.8 Å². The molecule has 5 rings (SSSR count). The van der Waals surface area contributed by atoms with Crippen LogP contribution in [0.5, 0.6) is 0 Å². The Kier molecular flexibility index (Phi) is 12.7. The fraction of sp³-hybridized carbons (Fsp3) is 0.525. The molecule has 2 fully saturated rings. The van der Waals surface area contributed by atoms with E-state index < -0.39 is 93.9 Å². The molecule has 306 valence electrons. The minimum absolute atomic E-state index is 0.113. The summed E-state index contributed by atoms with van der Waals surface area (Å²) in [6, 6.07) is -1.85. The smallest absolute Gasteiger partial charge is 0.419 e. The van der Waals surface area contributed by atoms with Gasteiger partial charge in [0.15, 0.2) is 0 Å². The van der Waals surface area contributed by atoms with Crippen molar-refractivity contribution in [2.45, 2.75) is 103 Å². The average molecular weight is 802 g/mol. The zero-order valence-corrected chi connectivity index (χ0v) is 31.6. The van der Waals surface area contributed by atoms with Crippen LogP contribution in [0, 0.1) is 37.2 Å². The number of halogens is 9. The molecule has 2 aromatic carbocycles. The number of carbonyl (C=O) groups is 2. The minimum Gasteiger partial charge on any atom is -0.466 e. The SMILES string of the molecule is CCOC(=O)C[C@H](NC(=O)C(CC(C)C)n1cc(CCN2CCC2)c(C(F)(F)F)cc1=O)c1c(F)c(-c2c(C)cc(C3CC3)c(F)c2C)cc(C(F)(F)F)c1F. The van der Waals surface area contributed by atoms with Crippen LogP contribution in [0.4, 0.5) is 39.5 Å². The third kappa shape index (κ3) is 9.26. The summed E-state index contributed by atoms with van der Waals surface area (Å²) in [7, 11) is 0. The van der Waals surface area contributed by atoms with E-state index in [0.29, 0.717) is 37.6 Å². The molecule has 1 aliphatic carbocycles. The standard InChI is InChI=1S/C40H44F9N3O4/c1-6-56-32(54)18-29(34-36(42)26(16-28(37(34)43)40(47,48)49)33-21(4)15-25(23-8-9-23)35(41)22(33)5)50-38(55)30(14-20(2)3)52-19-24(10-13-51-11-7-12-51)27(17-31(52)53)39(44,45)46/h15-17,19-20,23,29-30H,6-14,18H2,1-5H3,(H,50,55)/t29-,30?/m0/s1. The zero-order valence-electron chi connectivity index (χ0n) is 31.6. The van der Waals surface area contributed by atoms with Crippen LogP contribution in [0.3, 0.4) is 0 Å². The van der Waals surface area contributed by atoms with Gasteiger partial charge in [-0.25, -0.2) is 13.2 Å². The Morgan fingerprint density at radius 2 is 1.57 bits per heavy atom. The van der Waals surface area contributed by atoms with Crippen molar-refractivity contribution in [1.29, 1.82) is 0 Å². The van der Waals surface area contributed by atoms with Crippen molar-refractivity contribution in [2.24, 2.45) is 5.92 Å². The Bertz CT molecular complexity index is 2030. The van der Waals surface area contributed by atoms with Gasteiger partial charge in [-0.3, -0.25) is 14.4 Å². The zero-order chi connectivity index (χ0) is 41.4. The number of aromatic nitrogens is 1. The first-order valence-corrected chi connectivity index (χ1v) is 18.5. The van der Waals surface area contributed by atoms with Crippen molar-refractivity contribution in [3.8, 4) is 11.1 Å². The lowest BCUT2D eigenvalue weighted by molar-refractivity contribution is -0.144. The number of pyridine rings is 1. The molecule has 0 radical (unpaired) electrons. The molecule has 7 nitrogen and oxygen atoms in total. The monoisotopic (exact) mass is 801 g/mol. The van der Waals surface area contributed by atoms with Crippen LogP contribution in [-0.2, 0) is 33.1 Å². The highest BCUT2D eigenvalue weighted by atomic mass is 19.4. The van der Waals surface area contributed by atoms with Crippen LogP contribution in [-0.4, -0.2) is 47.6 Å². The Hall–Kier alpha value is -4.34. The highest BCUT2D eigenvalue weighted by molar-refractivity contribution is 5.82. The number of amides is 1. The summed E-state index contributed by atoms with van der Waals surface area (Å²) in [5.41, 5.74) is -6.84. The molecule has 1 saturated heterocycles. The summed E-state index contributed by atoms with van der Waals surface area (Å²) in [6.45, 7) is 8.68. The maximum absolute atomic E-state index is 16.9. The summed E-state index contributed by atoms with van der Waals surface area (Å²) in [4.78, 5) is 42.3. The van der Waals surface area contributed by atoms with E-state index in [1.807, 2.05) is 4.90 Å². The largest absolute Gasteiger partial charge is 0.466 e. The van der Waals surface area contributed by atoms with Gasteiger partial charge >= 0.3 is 18.3 Å². The molecule has 16 heteroatoms. The van der Waals surface area contributed by atoms with Gasteiger partial charge in [0, 0.05) is 29.9 Å². The van der Waals surface area contributed by atoms with E-state index >= 15 is 13.2 Å². The Morgan fingerprint density at radius 3 is 2.11 bits per heavy atom. The molecule has 2 atom stereocenters. The van der Waals surface area contributed by atoms with Crippen molar-refractivity contribution < 1.29 is 53.8 Å². The summed E-state index contributed by atoms with van der Waals surface area (Å²) in [6.07, 6.45) is -8.63. The molecule has 1 saturated carbocycles. The van der Waals surface area contributed by atoms with E-state index in [-0.39, 0.29) is 60.2 Å². The predicted octanol–water partition coefficient (Wildman–Crippen LogP) is 9.11. The van der Waals surface area contributed by atoms with Crippen LogP contribution < -0.4 is 10.9 Å². The molecule has 1 aromatic heterocycles. The number of alkyl halides is 6. The van der Waals surface area contributed by atoms with E-state index in [4.69, 9.17) is 4.74 Å². The number of rotatable bonds is 14. The topological polar surface area (TPSA) is 80.6 Å². The van der Waals surface area contributed by atoms with Gasteiger partial charge in [-0.05, 0) is 112 Å². The average Bonchev–Trinajstić information content (AvgIpc) is 3.90. The van der Waals surface area contributed by atoms with Crippen molar-refractivity contribution in [3.63, 3.8) is 0 Å². The fourth-order valence-electron chi connectivity index (χ4n) is 7.30. The molecular formula is C40H44F9N3O4. The summed E-state index contributed by atoms with van der Waals surface area (Å²) < 4.78 is 140. The number of ether oxygens (including phenoxy) is 1. The Labute approximate surface area is 318 Å². The number of esters is 1. The summed E-state index contributed by atoms with van der Waals surface area (Å²) in [5, 5.41) is 2.25. The number of benzene rings is 2. The molecule has 0 bridgehead atoms. The molecule has 3 aromatic rings. The van der Waals surface area contributed by atoms with E-state index in [0.717, 1.165) is 17.2 Å². The van der Waals surface area contributed by atoms with Gasteiger partial charge < -0.3 is 19.5 Å². The van der Waals surface area contributed by atoms with Crippen LogP contribution >= 0.6 is 0 Å². The number of hydrogen-bond donors (Lipinski definition) is 1. The van der Waals surface area contributed by atoms with E-state index in [2.05, 4.69) is 5.32 Å². The summed E-state index contributed by atoms with van der Waals surface area (Å²) in [5.74, 6) is -7.43. The lowest BCUT2D eigenvalue weighted by Crippen LogP contribution is -2.41. The molecule has 0 spiro atoms. The molecule has 1 aliphatic heterocycles. The molecule has 1 unspecified atom stereocenters. The molecule has 1 amide bonds. The minimum atomic E-state index is -5.44. The maximum atomic E-state index is 16.9. The molecule has 2 heterocycles. The van der Waals surface area contributed by atoms with Gasteiger partial charge in [-0.15, -0.1) is 0 Å².